The van der Waals surface area contributed by atoms with E-state index >= 15 is 0 Å². The normalized spacial score (nSPS) is 12.5. The number of nitriles is 1. The van der Waals surface area contributed by atoms with E-state index in [1.807, 2.05) is 6.07 Å². The second-order valence-corrected chi connectivity index (χ2v) is 6.69. The summed E-state index contributed by atoms with van der Waals surface area (Å²) in [4.78, 5) is 0.0555. The molecule has 1 rings (SSSR count). The molecule has 0 aliphatic rings. The first-order chi connectivity index (χ1) is 7.71. The lowest BCUT2D eigenvalue weighted by Gasteiger charge is -2.31. The number of hydrogen-bond acceptors (Lipinski definition) is 3. The summed E-state index contributed by atoms with van der Waals surface area (Å²) in [6.07, 6.45) is 0. The van der Waals surface area contributed by atoms with Crippen LogP contribution in [0.25, 0.3) is 0 Å². The Labute approximate surface area is 103 Å². The van der Waals surface area contributed by atoms with Gasteiger partial charge >= 0.3 is 0 Å². The lowest BCUT2D eigenvalue weighted by atomic mass is 10.1. The Bertz CT molecular complexity index is 551. The highest BCUT2D eigenvalue weighted by atomic mass is 32.2. The summed E-state index contributed by atoms with van der Waals surface area (Å²) in [6.45, 7) is 5.42. The number of benzene rings is 1. The molecular weight excluding hydrogens is 236 g/mol. The molecule has 0 aliphatic heterocycles. The van der Waals surface area contributed by atoms with E-state index in [1.165, 1.54) is 23.5 Å². The smallest absolute Gasteiger partial charge is 0.207 e. The molecule has 0 N–H and O–H groups in total. The second-order valence-electron chi connectivity index (χ2n) is 4.75. The summed E-state index contributed by atoms with van der Waals surface area (Å²) in [6, 6.07) is 8.12. The van der Waals surface area contributed by atoms with E-state index in [0.29, 0.717) is 0 Å². The zero-order valence-electron chi connectivity index (χ0n) is 10.4. The van der Waals surface area contributed by atoms with Gasteiger partial charge in [-0.25, -0.2) is 8.42 Å². The van der Waals surface area contributed by atoms with Gasteiger partial charge in [0.1, 0.15) is 6.07 Å². The number of sulfonamides is 1. The molecule has 0 saturated heterocycles. The van der Waals surface area contributed by atoms with E-state index in [-0.39, 0.29) is 10.5 Å². The molecule has 0 amide bonds. The first-order valence-electron chi connectivity index (χ1n) is 5.19. The molecule has 0 unspecified atom stereocenters. The predicted octanol–water partition coefficient (Wildman–Crippen LogP) is 1.98. The molecule has 0 saturated carbocycles. The Kier molecular flexibility index (Phi) is 3.60. The Morgan fingerprint density at radius 2 is 1.76 bits per heavy atom. The Morgan fingerprint density at radius 3 is 2.24 bits per heavy atom. The monoisotopic (exact) mass is 252 g/mol. The van der Waals surface area contributed by atoms with Crippen molar-refractivity contribution in [2.24, 2.45) is 0 Å². The maximum atomic E-state index is 12.3. The van der Waals surface area contributed by atoms with Crippen LogP contribution in [0.3, 0.4) is 0 Å². The maximum Gasteiger partial charge on any atom is 0.244 e. The Morgan fingerprint density at radius 1 is 1.24 bits per heavy atom. The maximum absolute atomic E-state index is 12.3. The van der Waals surface area contributed by atoms with Crippen LogP contribution >= 0.6 is 0 Å². The van der Waals surface area contributed by atoms with Gasteiger partial charge in [0.05, 0.1) is 10.5 Å². The van der Waals surface area contributed by atoms with Crippen molar-refractivity contribution in [3.63, 3.8) is 0 Å². The second kappa shape index (κ2) is 4.47. The van der Waals surface area contributed by atoms with E-state index in [0.717, 1.165) is 0 Å². The summed E-state index contributed by atoms with van der Waals surface area (Å²) in [5.41, 5.74) is -0.356. The standard InChI is InChI=1S/C12H16N2O2S/c1-12(2,3)14(4)17(15,16)11-8-6-5-7-10(11)9-13/h5-8H,1-4H3. The quantitative estimate of drug-likeness (QED) is 0.808. The summed E-state index contributed by atoms with van der Waals surface area (Å²) in [7, 11) is -2.11. The SMILES string of the molecule is CN(C(C)(C)C)S(=O)(=O)c1ccccc1C#N. The van der Waals surface area contributed by atoms with Gasteiger partial charge in [0.15, 0.2) is 0 Å². The van der Waals surface area contributed by atoms with Crippen LogP contribution in [0, 0.1) is 11.3 Å². The fraction of sp³-hybridized carbons (Fsp3) is 0.417. The summed E-state index contributed by atoms with van der Waals surface area (Å²) >= 11 is 0. The minimum absolute atomic E-state index is 0.0555. The van der Waals surface area contributed by atoms with Crippen LogP contribution in [0.15, 0.2) is 29.2 Å². The average molecular weight is 252 g/mol. The van der Waals surface area contributed by atoms with Crippen LogP contribution in [-0.2, 0) is 10.0 Å². The van der Waals surface area contributed by atoms with Crippen molar-refractivity contribution < 1.29 is 8.42 Å². The van der Waals surface area contributed by atoms with Crippen LogP contribution in [0.1, 0.15) is 26.3 Å². The van der Waals surface area contributed by atoms with Crippen molar-refractivity contribution in [1.29, 1.82) is 5.26 Å². The average Bonchev–Trinajstić information content (AvgIpc) is 2.26. The first-order valence-corrected chi connectivity index (χ1v) is 6.63. The van der Waals surface area contributed by atoms with Gasteiger partial charge in [-0.3, -0.25) is 0 Å². The molecule has 1 aromatic rings. The molecule has 5 heteroatoms. The van der Waals surface area contributed by atoms with Crippen molar-refractivity contribution in [2.75, 3.05) is 7.05 Å². The van der Waals surface area contributed by atoms with Gasteiger partial charge < -0.3 is 0 Å². The highest BCUT2D eigenvalue weighted by molar-refractivity contribution is 7.89. The van der Waals surface area contributed by atoms with Gasteiger partial charge in [-0.15, -0.1) is 0 Å². The van der Waals surface area contributed by atoms with Crippen molar-refractivity contribution in [1.82, 2.24) is 4.31 Å². The summed E-state index contributed by atoms with van der Waals surface area (Å²) < 4.78 is 25.9. The molecule has 0 aromatic heterocycles. The molecule has 0 heterocycles. The molecule has 0 aliphatic carbocycles. The minimum atomic E-state index is -3.63. The third-order valence-corrected chi connectivity index (χ3v) is 4.77. The van der Waals surface area contributed by atoms with E-state index in [1.54, 1.807) is 32.9 Å². The van der Waals surface area contributed by atoms with Crippen molar-refractivity contribution >= 4 is 10.0 Å². The third kappa shape index (κ3) is 2.65. The highest BCUT2D eigenvalue weighted by Gasteiger charge is 2.31. The zero-order valence-corrected chi connectivity index (χ0v) is 11.2. The van der Waals surface area contributed by atoms with Crippen molar-refractivity contribution in [3.8, 4) is 6.07 Å². The Hall–Kier alpha value is -1.38. The van der Waals surface area contributed by atoms with E-state index in [4.69, 9.17) is 5.26 Å². The summed E-state index contributed by atoms with van der Waals surface area (Å²) in [5, 5.41) is 8.93. The third-order valence-electron chi connectivity index (χ3n) is 2.59. The van der Waals surface area contributed by atoms with Crippen LogP contribution in [0.2, 0.25) is 0 Å². The lowest BCUT2D eigenvalue weighted by molar-refractivity contribution is 0.291. The van der Waals surface area contributed by atoms with Gasteiger partial charge in [0, 0.05) is 12.6 Å². The van der Waals surface area contributed by atoms with Crippen LogP contribution in [-0.4, -0.2) is 25.3 Å². The fourth-order valence-corrected chi connectivity index (χ4v) is 2.95. The molecule has 17 heavy (non-hydrogen) atoms. The molecule has 0 spiro atoms. The molecule has 1 aromatic carbocycles. The number of hydrogen-bond donors (Lipinski definition) is 0. The van der Waals surface area contributed by atoms with Crippen LogP contribution in [0.4, 0.5) is 0 Å². The highest BCUT2D eigenvalue weighted by Crippen LogP contribution is 2.24. The van der Waals surface area contributed by atoms with Gasteiger partial charge in [0.25, 0.3) is 0 Å². The minimum Gasteiger partial charge on any atom is -0.207 e. The van der Waals surface area contributed by atoms with Crippen molar-refractivity contribution in [3.05, 3.63) is 29.8 Å². The topological polar surface area (TPSA) is 61.2 Å². The van der Waals surface area contributed by atoms with Gasteiger partial charge in [-0.2, -0.15) is 9.57 Å². The van der Waals surface area contributed by atoms with Crippen LogP contribution in [0.5, 0.6) is 0 Å². The van der Waals surface area contributed by atoms with Gasteiger partial charge in [-0.05, 0) is 32.9 Å². The largest absolute Gasteiger partial charge is 0.244 e. The van der Waals surface area contributed by atoms with E-state index in [9.17, 15) is 8.42 Å². The molecule has 4 nitrogen and oxygen atoms in total. The van der Waals surface area contributed by atoms with Crippen LogP contribution < -0.4 is 0 Å². The number of nitrogens with zero attached hydrogens (tertiary/aromatic N) is 2. The molecule has 0 bridgehead atoms. The van der Waals surface area contributed by atoms with Crippen molar-refractivity contribution in [2.45, 2.75) is 31.2 Å². The van der Waals surface area contributed by atoms with E-state index < -0.39 is 15.6 Å². The first kappa shape index (κ1) is 13.7. The van der Waals surface area contributed by atoms with Gasteiger partial charge in [-0.1, -0.05) is 12.1 Å². The van der Waals surface area contributed by atoms with Gasteiger partial charge in [0.2, 0.25) is 10.0 Å². The fourth-order valence-electron chi connectivity index (χ4n) is 1.29. The molecular formula is C12H16N2O2S. The zero-order chi connectivity index (χ0) is 13.3. The lowest BCUT2D eigenvalue weighted by Crippen LogP contribution is -2.42. The molecule has 0 radical (unpaired) electrons. The Balaban J connectivity index is 3.39. The number of rotatable bonds is 2. The molecule has 0 fully saturated rings. The summed E-state index contributed by atoms with van der Waals surface area (Å²) in [5.74, 6) is 0. The molecule has 92 valence electrons. The predicted molar refractivity (Wildman–Crippen MR) is 65.9 cm³/mol. The van der Waals surface area contributed by atoms with E-state index in [2.05, 4.69) is 0 Å². The molecule has 0 atom stereocenters.